The number of carbonyl (C=O) groups excluding carboxylic acids is 1. The molecule has 0 aliphatic carbocycles. The van der Waals surface area contributed by atoms with Crippen molar-refractivity contribution in [1.29, 1.82) is 0 Å². The smallest absolute Gasteiger partial charge is 0.251 e. The standard InChI is InChI=1S/C22H26N4O2S2/c1-4-5-17-11-19(27)25-21(23-17)30-13-20(28)26-22-24-18(12-29-22)16-8-6-15(7-9-16)10-14(2)3/h6-9,11-12,14H,4-5,10,13H2,1-3H3,(H,23,25,27)(H,24,26,28). The zero-order valence-electron chi connectivity index (χ0n) is 17.4. The van der Waals surface area contributed by atoms with E-state index in [9.17, 15) is 9.59 Å². The fourth-order valence-electron chi connectivity index (χ4n) is 2.97. The Kier molecular flexibility index (Phi) is 7.81. The molecule has 0 atom stereocenters. The van der Waals surface area contributed by atoms with Gasteiger partial charge in [0.1, 0.15) is 0 Å². The number of hydrogen-bond donors (Lipinski definition) is 2. The molecule has 158 valence electrons. The Bertz CT molecular complexity index is 1040. The molecule has 8 heteroatoms. The summed E-state index contributed by atoms with van der Waals surface area (Å²) in [6.45, 7) is 6.44. The Morgan fingerprint density at radius 1 is 1.23 bits per heavy atom. The minimum atomic E-state index is -0.194. The van der Waals surface area contributed by atoms with Crippen LogP contribution in [0.4, 0.5) is 5.13 Å². The van der Waals surface area contributed by atoms with E-state index in [0.717, 1.165) is 36.2 Å². The maximum atomic E-state index is 12.3. The van der Waals surface area contributed by atoms with Crippen LogP contribution in [-0.2, 0) is 17.6 Å². The number of amides is 1. The first kappa shape index (κ1) is 22.2. The number of anilines is 1. The molecule has 0 bridgehead atoms. The van der Waals surface area contributed by atoms with Crippen molar-refractivity contribution in [3.8, 4) is 11.3 Å². The fraction of sp³-hybridized carbons (Fsp3) is 0.364. The van der Waals surface area contributed by atoms with Gasteiger partial charge in [0.05, 0.1) is 11.4 Å². The van der Waals surface area contributed by atoms with Crippen molar-refractivity contribution in [2.45, 2.75) is 45.2 Å². The van der Waals surface area contributed by atoms with E-state index in [1.54, 1.807) is 0 Å². The zero-order chi connectivity index (χ0) is 21.5. The van der Waals surface area contributed by atoms with Crippen molar-refractivity contribution in [1.82, 2.24) is 15.0 Å². The summed E-state index contributed by atoms with van der Waals surface area (Å²) in [4.78, 5) is 35.6. The van der Waals surface area contributed by atoms with Crippen LogP contribution in [0.3, 0.4) is 0 Å². The third-order valence-electron chi connectivity index (χ3n) is 4.26. The van der Waals surface area contributed by atoms with E-state index < -0.39 is 0 Å². The highest BCUT2D eigenvalue weighted by atomic mass is 32.2. The van der Waals surface area contributed by atoms with E-state index in [-0.39, 0.29) is 17.2 Å². The van der Waals surface area contributed by atoms with E-state index in [1.807, 2.05) is 12.3 Å². The number of nitrogens with one attached hydrogen (secondary N) is 2. The number of aromatic amines is 1. The summed E-state index contributed by atoms with van der Waals surface area (Å²) in [5.74, 6) is 0.589. The van der Waals surface area contributed by atoms with Crippen LogP contribution in [-0.4, -0.2) is 26.6 Å². The monoisotopic (exact) mass is 442 g/mol. The minimum Gasteiger partial charge on any atom is -0.301 e. The van der Waals surface area contributed by atoms with Crippen LogP contribution < -0.4 is 10.9 Å². The normalized spacial score (nSPS) is 11.1. The van der Waals surface area contributed by atoms with Gasteiger partial charge < -0.3 is 10.3 Å². The zero-order valence-corrected chi connectivity index (χ0v) is 19.0. The highest BCUT2D eigenvalue weighted by Gasteiger charge is 2.10. The number of rotatable bonds is 9. The Morgan fingerprint density at radius 2 is 2.00 bits per heavy atom. The lowest BCUT2D eigenvalue weighted by Gasteiger charge is -2.05. The van der Waals surface area contributed by atoms with E-state index in [2.05, 4.69) is 58.4 Å². The number of H-pyrrole nitrogens is 1. The molecule has 0 aliphatic heterocycles. The van der Waals surface area contributed by atoms with Crippen molar-refractivity contribution in [3.63, 3.8) is 0 Å². The van der Waals surface area contributed by atoms with Gasteiger partial charge >= 0.3 is 0 Å². The van der Waals surface area contributed by atoms with Crippen LogP contribution in [0.25, 0.3) is 11.3 Å². The Hall–Kier alpha value is -2.45. The highest BCUT2D eigenvalue weighted by Crippen LogP contribution is 2.26. The van der Waals surface area contributed by atoms with Crippen LogP contribution >= 0.6 is 23.1 Å². The van der Waals surface area contributed by atoms with Gasteiger partial charge in [-0.15, -0.1) is 11.3 Å². The van der Waals surface area contributed by atoms with Crippen LogP contribution in [0.2, 0.25) is 0 Å². The molecular weight excluding hydrogens is 416 g/mol. The lowest BCUT2D eigenvalue weighted by atomic mass is 10.0. The van der Waals surface area contributed by atoms with Gasteiger partial charge in [-0.3, -0.25) is 9.59 Å². The molecule has 0 fully saturated rings. The number of thioether (sulfide) groups is 1. The lowest BCUT2D eigenvalue weighted by Crippen LogP contribution is -2.15. The maximum absolute atomic E-state index is 12.3. The van der Waals surface area contributed by atoms with E-state index in [0.29, 0.717) is 16.2 Å². The summed E-state index contributed by atoms with van der Waals surface area (Å²) < 4.78 is 0. The summed E-state index contributed by atoms with van der Waals surface area (Å²) in [6, 6.07) is 9.90. The van der Waals surface area contributed by atoms with Gasteiger partial charge in [-0.05, 0) is 24.3 Å². The molecule has 1 amide bonds. The molecule has 0 saturated carbocycles. The summed E-state index contributed by atoms with van der Waals surface area (Å²) in [6.07, 6.45) is 2.70. The third-order valence-corrected chi connectivity index (χ3v) is 5.89. The molecule has 2 aromatic heterocycles. The largest absolute Gasteiger partial charge is 0.301 e. The molecule has 1 aromatic carbocycles. The van der Waals surface area contributed by atoms with E-state index in [1.165, 1.54) is 34.7 Å². The topological polar surface area (TPSA) is 87.7 Å². The summed E-state index contributed by atoms with van der Waals surface area (Å²) in [5.41, 5.74) is 3.73. The molecule has 0 spiro atoms. The van der Waals surface area contributed by atoms with Crippen LogP contribution in [0, 0.1) is 5.92 Å². The number of aryl methyl sites for hydroxylation is 1. The van der Waals surface area contributed by atoms with Gasteiger partial charge in [0.15, 0.2) is 10.3 Å². The molecule has 3 rings (SSSR count). The average Bonchev–Trinajstić information content (AvgIpc) is 3.15. The van der Waals surface area contributed by atoms with Gasteiger partial charge in [0, 0.05) is 22.7 Å². The molecule has 3 aromatic rings. The van der Waals surface area contributed by atoms with Gasteiger partial charge in [-0.25, -0.2) is 9.97 Å². The quantitative estimate of drug-likeness (QED) is 0.368. The van der Waals surface area contributed by atoms with Crippen molar-refractivity contribution in [2.75, 3.05) is 11.1 Å². The maximum Gasteiger partial charge on any atom is 0.251 e. The molecule has 30 heavy (non-hydrogen) atoms. The fourth-order valence-corrected chi connectivity index (χ4v) is 4.40. The van der Waals surface area contributed by atoms with E-state index in [4.69, 9.17) is 0 Å². The molecular formula is C22H26N4O2S2. The molecule has 2 N–H and O–H groups in total. The van der Waals surface area contributed by atoms with Gasteiger partial charge in [0.2, 0.25) is 5.91 Å². The van der Waals surface area contributed by atoms with E-state index >= 15 is 0 Å². The van der Waals surface area contributed by atoms with Gasteiger partial charge in [-0.2, -0.15) is 0 Å². The van der Waals surface area contributed by atoms with Crippen molar-refractivity contribution >= 4 is 34.1 Å². The summed E-state index contributed by atoms with van der Waals surface area (Å²) in [7, 11) is 0. The summed E-state index contributed by atoms with van der Waals surface area (Å²) >= 11 is 2.60. The molecule has 0 aliphatic rings. The summed E-state index contributed by atoms with van der Waals surface area (Å²) in [5, 5.41) is 5.78. The second-order valence-electron chi connectivity index (χ2n) is 7.46. The number of aromatic nitrogens is 3. The highest BCUT2D eigenvalue weighted by molar-refractivity contribution is 7.99. The predicted molar refractivity (Wildman–Crippen MR) is 124 cm³/mol. The lowest BCUT2D eigenvalue weighted by molar-refractivity contribution is -0.113. The number of thiazole rings is 1. The van der Waals surface area contributed by atoms with Crippen molar-refractivity contribution in [3.05, 3.63) is 57.3 Å². The van der Waals surface area contributed by atoms with Crippen molar-refractivity contribution < 1.29 is 4.79 Å². The first-order valence-electron chi connectivity index (χ1n) is 10.0. The molecule has 0 radical (unpaired) electrons. The Balaban J connectivity index is 1.57. The predicted octanol–water partition coefficient (Wildman–Crippen LogP) is 4.78. The van der Waals surface area contributed by atoms with Crippen molar-refractivity contribution in [2.24, 2.45) is 5.92 Å². The van der Waals surface area contributed by atoms with Crippen LogP contribution in [0.15, 0.2) is 45.7 Å². The Morgan fingerprint density at radius 3 is 2.70 bits per heavy atom. The number of hydrogen-bond acceptors (Lipinski definition) is 6. The molecule has 2 heterocycles. The number of benzene rings is 1. The number of nitrogens with zero attached hydrogens (tertiary/aromatic N) is 2. The third kappa shape index (κ3) is 6.53. The first-order chi connectivity index (χ1) is 14.4. The average molecular weight is 443 g/mol. The second-order valence-corrected chi connectivity index (χ2v) is 9.28. The molecule has 0 unspecified atom stereocenters. The minimum absolute atomic E-state index is 0.150. The van der Waals surface area contributed by atoms with Crippen LogP contribution in [0.5, 0.6) is 0 Å². The second kappa shape index (κ2) is 10.5. The number of carbonyl (C=O) groups is 1. The SMILES string of the molecule is CCCc1cc(=O)[nH]c(SCC(=O)Nc2nc(-c3ccc(CC(C)C)cc3)cs2)n1. The Labute approximate surface area is 184 Å². The van der Waals surface area contributed by atoms with Crippen LogP contribution in [0.1, 0.15) is 38.4 Å². The molecule has 6 nitrogen and oxygen atoms in total. The van der Waals surface area contributed by atoms with Gasteiger partial charge in [-0.1, -0.05) is 63.2 Å². The molecule has 0 saturated heterocycles. The first-order valence-corrected chi connectivity index (χ1v) is 11.9. The van der Waals surface area contributed by atoms with Gasteiger partial charge in [0.25, 0.3) is 5.56 Å².